The molecule has 0 saturated carbocycles. The molecule has 2 rings (SSSR count). The lowest BCUT2D eigenvalue weighted by Crippen LogP contribution is -2.54. The minimum atomic E-state index is -0.847. The Hall–Kier alpha value is -0.640. The number of fused-ring (bicyclic) bond motifs is 2. The Morgan fingerprint density at radius 2 is 1.61 bits per heavy atom. The number of ether oxygens (including phenoxy) is 1. The quantitative estimate of drug-likeness (QED) is 0.763. The van der Waals surface area contributed by atoms with Crippen LogP contribution in [0.2, 0.25) is 0 Å². The van der Waals surface area contributed by atoms with Crippen LogP contribution in [0.1, 0.15) is 73.1 Å². The Labute approximate surface area is 141 Å². The Bertz CT molecular complexity index is 471. The fourth-order valence-electron chi connectivity index (χ4n) is 3.65. The molecule has 0 aromatic carbocycles. The first kappa shape index (κ1) is 18.7. The summed E-state index contributed by atoms with van der Waals surface area (Å²) in [6, 6.07) is 0. The zero-order valence-corrected chi connectivity index (χ0v) is 15.4. The molecule has 0 aliphatic carbocycles. The van der Waals surface area contributed by atoms with Crippen molar-refractivity contribution < 1.29 is 14.9 Å². The van der Waals surface area contributed by atoms with E-state index in [1.165, 1.54) is 11.1 Å². The van der Waals surface area contributed by atoms with E-state index in [1.54, 1.807) is 0 Å². The molecule has 0 spiro atoms. The fraction of sp³-hybridized carbons (Fsp3) is 0.800. The molecule has 1 saturated heterocycles. The lowest BCUT2D eigenvalue weighted by Gasteiger charge is -2.46. The highest BCUT2D eigenvalue weighted by Gasteiger charge is 2.44. The van der Waals surface area contributed by atoms with Gasteiger partial charge in [0.05, 0.1) is 23.4 Å². The molecule has 3 heteroatoms. The maximum absolute atomic E-state index is 10.9. The van der Waals surface area contributed by atoms with Crippen LogP contribution in [0.25, 0.3) is 0 Å². The van der Waals surface area contributed by atoms with Crippen LogP contribution in [0.5, 0.6) is 0 Å². The van der Waals surface area contributed by atoms with Crippen LogP contribution in [0, 0.1) is 5.92 Å². The second kappa shape index (κ2) is 7.08. The third-order valence-electron chi connectivity index (χ3n) is 5.67. The van der Waals surface area contributed by atoms with E-state index in [9.17, 15) is 10.2 Å². The summed E-state index contributed by atoms with van der Waals surface area (Å²) in [7, 11) is 0. The molecule has 0 amide bonds. The molecule has 132 valence electrons. The van der Waals surface area contributed by atoms with Crippen LogP contribution in [0.3, 0.4) is 0 Å². The van der Waals surface area contributed by atoms with Crippen molar-refractivity contribution in [2.75, 3.05) is 0 Å². The van der Waals surface area contributed by atoms with Crippen molar-refractivity contribution in [1.29, 1.82) is 0 Å². The monoisotopic (exact) mass is 322 g/mol. The average molecular weight is 322 g/mol. The number of rotatable bonds is 1. The van der Waals surface area contributed by atoms with E-state index < -0.39 is 11.2 Å². The predicted molar refractivity (Wildman–Crippen MR) is 94.3 cm³/mol. The molecule has 2 N–H and O–H groups in total. The summed E-state index contributed by atoms with van der Waals surface area (Å²) in [5.74, 6) is 0.485. The molecular weight excluding hydrogens is 288 g/mol. The molecule has 2 aliphatic heterocycles. The van der Waals surface area contributed by atoms with Gasteiger partial charge in [-0.2, -0.15) is 0 Å². The van der Waals surface area contributed by atoms with Crippen LogP contribution in [-0.2, 0) is 4.74 Å². The SMILES string of the molecule is C/C1=C\C=C(\C(C)C)CC[C@](C)(O)[C@H]2CC[C@](C)(O)[C@@H](CC1)O2. The van der Waals surface area contributed by atoms with E-state index in [-0.39, 0.29) is 12.2 Å². The van der Waals surface area contributed by atoms with Gasteiger partial charge in [-0.15, -0.1) is 0 Å². The van der Waals surface area contributed by atoms with E-state index >= 15 is 0 Å². The smallest absolute Gasteiger partial charge is 0.0883 e. The molecule has 3 nitrogen and oxygen atoms in total. The third kappa shape index (κ3) is 4.68. The summed E-state index contributed by atoms with van der Waals surface area (Å²) in [6.07, 6.45) is 8.73. The van der Waals surface area contributed by atoms with Crippen molar-refractivity contribution >= 4 is 0 Å². The maximum Gasteiger partial charge on any atom is 0.0883 e. The molecule has 0 aromatic rings. The number of hydrogen-bond acceptors (Lipinski definition) is 3. The van der Waals surface area contributed by atoms with Gasteiger partial charge in [-0.3, -0.25) is 0 Å². The molecule has 1 fully saturated rings. The Morgan fingerprint density at radius 3 is 2.26 bits per heavy atom. The van der Waals surface area contributed by atoms with E-state index in [0.717, 1.165) is 19.3 Å². The third-order valence-corrected chi connectivity index (χ3v) is 5.67. The zero-order chi connectivity index (χ0) is 17.3. The lowest BCUT2D eigenvalue weighted by molar-refractivity contribution is -0.216. The van der Waals surface area contributed by atoms with Gasteiger partial charge >= 0.3 is 0 Å². The Morgan fingerprint density at radius 1 is 1.00 bits per heavy atom. The summed E-state index contributed by atoms with van der Waals surface area (Å²) < 4.78 is 6.19. The highest BCUT2D eigenvalue weighted by atomic mass is 16.5. The van der Waals surface area contributed by atoms with Crippen LogP contribution >= 0.6 is 0 Å². The van der Waals surface area contributed by atoms with Crippen molar-refractivity contribution in [2.24, 2.45) is 5.92 Å². The van der Waals surface area contributed by atoms with Gasteiger partial charge in [0, 0.05) is 0 Å². The summed E-state index contributed by atoms with van der Waals surface area (Å²) in [5, 5.41) is 21.6. The van der Waals surface area contributed by atoms with Gasteiger partial charge in [0.1, 0.15) is 0 Å². The van der Waals surface area contributed by atoms with Crippen molar-refractivity contribution in [2.45, 2.75) is 96.6 Å². The van der Waals surface area contributed by atoms with Crippen LogP contribution < -0.4 is 0 Å². The summed E-state index contributed by atoms with van der Waals surface area (Å²) >= 11 is 0. The first-order valence-corrected chi connectivity index (χ1v) is 9.08. The van der Waals surface area contributed by atoms with Crippen molar-refractivity contribution in [3.05, 3.63) is 23.3 Å². The van der Waals surface area contributed by atoms with Crippen LogP contribution in [0.15, 0.2) is 23.3 Å². The predicted octanol–water partition coefficient (Wildman–Crippen LogP) is 4.14. The van der Waals surface area contributed by atoms with E-state index in [1.807, 2.05) is 13.8 Å². The fourth-order valence-corrected chi connectivity index (χ4v) is 3.65. The van der Waals surface area contributed by atoms with Crippen molar-refractivity contribution in [3.8, 4) is 0 Å². The first-order chi connectivity index (χ1) is 10.6. The molecular formula is C20H34O3. The molecule has 2 aliphatic rings. The minimum absolute atomic E-state index is 0.190. The summed E-state index contributed by atoms with van der Waals surface area (Å²) in [6.45, 7) is 10.3. The zero-order valence-electron chi connectivity index (χ0n) is 15.4. The number of hydrogen-bond donors (Lipinski definition) is 2. The van der Waals surface area contributed by atoms with Gasteiger partial charge in [-0.1, -0.05) is 37.1 Å². The molecule has 2 heterocycles. The number of allylic oxidation sites excluding steroid dienone is 4. The molecule has 4 atom stereocenters. The molecule has 0 unspecified atom stereocenters. The molecule has 23 heavy (non-hydrogen) atoms. The van der Waals surface area contributed by atoms with Gasteiger partial charge in [0.15, 0.2) is 0 Å². The van der Waals surface area contributed by atoms with Gasteiger partial charge in [-0.05, 0) is 65.2 Å². The topological polar surface area (TPSA) is 49.7 Å². The van der Waals surface area contributed by atoms with Gasteiger partial charge < -0.3 is 14.9 Å². The van der Waals surface area contributed by atoms with Crippen molar-refractivity contribution in [3.63, 3.8) is 0 Å². The summed E-state index contributed by atoms with van der Waals surface area (Å²) in [5.41, 5.74) is 1.05. The van der Waals surface area contributed by atoms with E-state index in [4.69, 9.17) is 4.74 Å². The Kier molecular flexibility index (Phi) is 5.76. The second-order valence-corrected chi connectivity index (χ2v) is 8.31. The normalized spacial score (nSPS) is 44.5. The van der Waals surface area contributed by atoms with E-state index in [2.05, 4.69) is 32.9 Å². The van der Waals surface area contributed by atoms with Gasteiger partial charge in [0.25, 0.3) is 0 Å². The maximum atomic E-state index is 10.9. The van der Waals surface area contributed by atoms with E-state index in [0.29, 0.717) is 25.2 Å². The summed E-state index contributed by atoms with van der Waals surface area (Å²) in [4.78, 5) is 0. The largest absolute Gasteiger partial charge is 0.387 e. The lowest BCUT2D eigenvalue weighted by atomic mass is 9.79. The van der Waals surface area contributed by atoms with Crippen LogP contribution in [0.4, 0.5) is 0 Å². The highest BCUT2D eigenvalue weighted by molar-refractivity contribution is 5.19. The van der Waals surface area contributed by atoms with Crippen molar-refractivity contribution in [1.82, 2.24) is 0 Å². The molecule has 2 bridgehead atoms. The Balaban J connectivity index is 2.28. The second-order valence-electron chi connectivity index (χ2n) is 8.31. The highest BCUT2D eigenvalue weighted by Crippen LogP contribution is 2.38. The van der Waals surface area contributed by atoms with Crippen LogP contribution in [-0.4, -0.2) is 33.6 Å². The molecule has 0 radical (unpaired) electrons. The van der Waals surface area contributed by atoms with Gasteiger partial charge in [-0.25, -0.2) is 0 Å². The average Bonchev–Trinajstić information content (AvgIpc) is 2.43. The first-order valence-electron chi connectivity index (χ1n) is 9.08. The molecule has 0 aromatic heterocycles. The number of aliphatic hydroxyl groups is 2. The minimum Gasteiger partial charge on any atom is -0.387 e. The van der Waals surface area contributed by atoms with Gasteiger partial charge in [0.2, 0.25) is 0 Å². The standard InChI is InChI=1S/C20H34O3/c1-14(2)16-8-6-15(3)7-9-17-20(5,22)13-11-18(23-17)19(4,21)12-10-16/h6,8,14,17-18,21-22H,7,9-13H2,1-5H3/b15-6+,16-8+/t17-,18-,19+,20+/m1/s1.